The van der Waals surface area contributed by atoms with Gasteiger partial charge in [0.2, 0.25) is 5.88 Å². The average molecular weight is 304 g/mol. The van der Waals surface area contributed by atoms with E-state index in [9.17, 15) is 0 Å². The molecule has 1 aromatic carbocycles. The van der Waals surface area contributed by atoms with E-state index in [1.807, 2.05) is 30.3 Å². The fourth-order valence-corrected chi connectivity index (χ4v) is 2.18. The number of benzene rings is 1. The summed E-state index contributed by atoms with van der Waals surface area (Å²) < 4.78 is 5.93. The molecule has 0 N–H and O–H groups in total. The normalized spacial score (nSPS) is 11.5. The minimum atomic E-state index is -0.0363. The maximum absolute atomic E-state index is 5.99. The molecular weight excluding hydrogens is 282 g/mol. The summed E-state index contributed by atoms with van der Waals surface area (Å²) in [5.74, 6) is 1.87. The van der Waals surface area contributed by atoms with Crippen molar-refractivity contribution in [3.8, 4) is 11.6 Å². The Balaban J connectivity index is 2.34. The van der Waals surface area contributed by atoms with Gasteiger partial charge in [-0.3, -0.25) is 0 Å². The van der Waals surface area contributed by atoms with E-state index in [4.69, 9.17) is 16.3 Å². The van der Waals surface area contributed by atoms with Gasteiger partial charge in [0.1, 0.15) is 5.75 Å². The number of hydrogen-bond acceptors (Lipinski definition) is 2. The van der Waals surface area contributed by atoms with Crippen LogP contribution in [-0.4, -0.2) is 4.98 Å². The summed E-state index contributed by atoms with van der Waals surface area (Å²) in [5.41, 5.74) is 3.23. The molecule has 0 spiro atoms. The van der Waals surface area contributed by atoms with Gasteiger partial charge in [-0.05, 0) is 35.7 Å². The molecule has 2 rings (SSSR count). The van der Waals surface area contributed by atoms with Gasteiger partial charge in [-0.15, -0.1) is 11.6 Å². The van der Waals surface area contributed by atoms with Crippen LogP contribution in [0.25, 0.3) is 0 Å². The van der Waals surface area contributed by atoms with Crippen molar-refractivity contribution in [2.75, 3.05) is 0 Å². The zero-order valence-electron chi connectivity index (χ0n) is 13.1. The fourth-order valence-electron chi connectivity index (χ4n) is 2.02. The number of aromatic nitrogens is 1. The van der Waals surface area contributed by atoms with Crippen LogP contribution in [0.4, 0.5) is 0 Å². The van der Waals surface area contributed by atoms with Crippen LogP contribution in [0.15, 0.2) is 36.4 Å². The molecular formula is C18H22ClNO. The van der Waals surface area contributed by atoms with Crippen LogP contribution in [-0.2, 0) is 17.7 Å². The van der Waals surface area contributed by atoms with Crippen LogP contribution in [0.1, 0.15) is 44.5 Å². The number of hydrogen-bond donors (Lipinski definition) is 0. The van der Waals surface area contributed by atoms with Crippen molar-refractivity contribution in [2.24, 2.45) is 0 Å². The topological polar surface area (TPSA) is 22.1 Å². The highest BCUT2D eigenvalue weighted by Gasteiger charge is 2.17. The maximum Gasteiger partial charge on any atom is 0.219 e. The van der Waals surface area contributed by atoms with E-state index in [2.05, 4.69) is 38.7 Å². The Morgan fingerprint density at radius 3 is 2.48 bits per heavy atom. The number of alkyl halides is 1. The van der Waals surface area contributed by atoms with Gasteiger partial charge in [0, 0.05) is 17.4 Å². The number of ether oxygens (including phenoxy) is 1. The highest BCUT2D eigenvalue weighted by molar-refractivity contribution is 6.17. The van der Waals surface area contributed by atoms with Crippen LogP contribution < -0.4 is 4.74 Å². The first-order chi connectivity index (χ1) is 9.92. The second-order valence-electron chi connectivity index (χ2n) is 6.19. The molecule has 0 bridgehead atoms. The number of pyridine rings is 1. The van der Waals surface area contributed by atoms with Crippen LogP contribution in [0.3, 0.4) is 0 Å². The van der Waals surface area contributed by atoms with Gasteiger partial charge < -0.3 is 4.74 Å². The van der Waals surface area contributed by atoms with Gasteiger partial charge in [0.05, 0.1) is 5.69 Å². The number of halogens is 1. The Bertz CT molecular complexity index is 617. The summed E-state index contributed by atoms with van der Waals surface area (Å²) in [7, 11) is 0. The largest absolute Gasteiger partial charge is 0.439 e. The molecule has 1 heterocycles. The van der Waals surface area contributed by atoms with E-state index < -0.39 is 0 Å². The molecule has 0 atom stereocenters. The van der Waals surface area contributed by atoms with Crippen molar-refractivity contribution in [2.45, 2.75) is 45.4 Å². The molecule has 0 fully saturated rings. The minimum Gasteiger partial charge on any atom is -0.439 e. The molecule has 1 aromatic heterocycles. The zero-order valence-corrected chi connectivity index (χ0v) is 13.9. The van der Waals surface area contributed by atoms with Gasteiger partial charge in [0.15, 0.2) is 0 Å². The van der Waals surface area contributed by atoms with E-state index in [1.54, 1.807) is 0 Å². The summed E-state index contributed by atoms with van der Waals surface area (Å²) in [6.45, 7) is 8.53. The second kappa shape index (κ2) is 6.48. The minimum absolute atomic E-state index is 0.0363. The van der Waals surface area contributed by atoms with Crippen LogP contribution in [0, 0.1) is 0 Å². The Morgan fingerprint density at radius 2 is 1.86 bits per heavy atom. The van der Waals surface area contributed by atoms with Gasteiger partial charge in [0.25, 0.3) is 0 Å². The molecule has 0 saturated carbocycles. The summed E-state index contributed by atoms with van der Waals surface area (Å²) in [6.07, 6.45) is 0.986. The molecule has 0 aliphatic carbocycles. The second-order valence-corrected chi connectivity index (χ2v) is 6.45. The lowest BCUT2D eigenvalue weighted by Crippen LogP contribution is -2.14. The van der Waals surface area contributed by atoms with E-state index in [1.165, 1.54) is 5.56 Å². The number of rotatable bonds is 4. The summed E-state index contributed by atoms with van der Waals surface area (Å²) in [5, 5.41) is 0. The van der Waals surface area contributed by atoms with E-state index >= 15 is 0 Å². The third-order valence-electron chi connectivity index (χ3n) is 3.31. The van der Waals surface area contributed by atoms with Gasteiger partial charge in [-0.2, -0.15) is 0 Å². The first-order valence-corrected chi connectivity index (χ1v) is 7.80. The molecule has 0 radical (unpaired) electrons. The van der Waals surface area contributed by atoms with Crippen molar-refractivity contribution < 1.29 is 4.74 Å². The molecule has 3 heteroatoms. The maximum atomic E-state index is 5.99. The lowest BCUT2D eigenvalue weighted by atomic mass is 9.91. The molecule has 0 saturated heterocycles. The molecule has 0 amide bonds. The molecule has 0 aliphatic heterocycles. The van der Waals surface area contributed by atoms with Crippen LogP contribution >= 0.6 is 11.6 Å². The lowest BCUT2D eigenvalue weighted by Gasteiger charge is -2.19. The van der Waals surface area contributed by atoms with E-state index in [-0.39, 0.29) is 5.41 Å². The molecule has 0 unspecified atom stereocenters. The van der Waals surface area contributed by atoms with Crippen molar-refractivity contribution in [3.63, 3.8) is 0 Å². The van der Waals surface area contributed by atoms with Crippen LogP contribution in [0.5, 0.6) is 11.6 Å². The van der Waals surface area contributed by atoms with Gasteiger partial charge >= 0.3 is 0 Å². The third-order valence-corrected chi connectivity index (χ3v) is 3.62. The summed E-state index contributed by atoms with van der Waals surface area (Å²) >= 11 is 5.99. The van der Waals surface area contributed by atoms with Crippen molar-refractivity contribution in [3.05, 3.63) is 53.2 Å². The monoisotopic (exact) mass is 303 g/mol. The highest BCUT2D eigenvalue weighted by Crippen LogP contribution is 2.28. The van der Waals surface area contributed by atoms with Gasteiger partial charge in [-0.1, -0.05) is 39.8 Å². The van der Waals surface area contributed by atoms with Gasteiger partial charge in [-0.25, -0.2) is 4.98 Å². The van der Waals surface area contributed by atoms with Crippen LogP contribution in [0.2, 0.25) is 0 Å². The first-order valence-electron chi connectivity index (χ1n) is 7.26. The molecule has 2 nitrogen and oxygen atoms in total. The fraction of sp³-hybridized carbons (Fsp3) is 0.389. The lowest BCUT2D eigenvalue weighted by molar-refractivity contribution is 0.450. The Kier molecular flexibility index (Phi) is 4.89. The summed E-state index contributed by atoms with van der Waals surface area (Å²) in [6, 6.07) is 12.0. The molecule has 0 aliphatic rings. The van der Waals surface area contributed by atoms with Crippen molar-refractivity contribution in [1.29, 1.82) is 0 Å². The molecule has 21 heavy (non-hydrogen) atoms. The number of nitrogens with zero attached hydrogens (tertiary/aromatic N) is 1. The molecule has 2 aromatic rings. The van der Waals surface area contributed by atoms with E-state index in [0.29, 0.717) is 11.8 Å². The summed E-state index contributed by atoms with van der Waals surface area (Å²) in [4.78, 5) is 4.62. The average Bonchev–Trinajstić information content (AvgIpc) is 2.46. The first kappa shape index (κ1) is 15.8. The smallest absolute Gasteiger partial charge is 0.219 e. The van der Waals surface area contributed by atoms with E-state index in [0.717, 1.165) is 23.4 Å². The highest BCUT2D eigenvalue weighted by atomic mass is 35.5. The standard InChI is InChI=1S/C18H22ClNO/c1-5-13-7-6-8-15(9-13)21-17-11-14(12-19)10-16(20-17)18(2,3)4/h6-11H,5,12H2,1-4H3. The predicted octanol–water partition coefficient (Wildman–Crippen LogP) is 5.47. The number of aryl methyl sites for hydroxylation is 1. The van der Waals surface area contributed by atoms with Crippen molar-refractivity contribution in [1.82, 2.24) is 4.98 Å². The Morgan fingerprint density at radius 1 is 1.10 bits per heavy atom. The zero-order chi connectivity index (χ0) is 15.5. The molecule has 112 valence electrons. The quantitative estimate of drug-likeness (QED) is 0.698. The Hall–Kier alpha value is -1.54. The predicted molar refractivity (Wildman–Crippen MR) is 88.4 cm³/mol. The SMILES string of the molecule is CCc1cccc(Oc2cc(CCl)cc(C(C)(C)C)n2)c1. The Labute approximate surface area is 132 Å². The van der Waals surface area contributed by atoms with Crippen molar-refractivity contribution >= 4 is 11.6 Å². The third kappa shape index (κ3) is 4.21.